The van der Waals surface area contributed by atoms with Gasteiger partial charge in [-0.3, -0.25) is 9.59 Å². The fourth-order valence-corrected chi connectivity index (χ4v) is 5.99. The predicted molar refractivity (Wildman–Crippen MR) is 132 cm³/mol. The van der Waals surface area contributed by atoms with Crippen molar-refractivity contribution in [1.82, 2.24) is 25.2 Å². The number of β-amino-alcohol motifs (C(OH)–C–C–N with tert-alkyl or cyclic N) is 1. The Morgan fingerprint density at radius 2 is 1.94 bits per heavy atom. The highest BCUT2D eigenvalue weighted by atomic mass is 35.5. The minimum Gasteiger partial charge on any atom is -0.391 e. The first-order valence-corrected chi connectivity index (χ1v) is 13.0. The van der Waals surface area contributed by atoms with Crippen molar-refractivity contribution in [1.29, 1.82) is 0 Å². The molecule has 1 aromatic carbocycles. The molecule has 2 amide bonds. The number of aromatic nitrogens is 3. The number of carbonyl (C=O) groups is 2. The number of amides is 2. The number of aliphatic hydroxyl groups excluding tert-OH is 1. The molecule has 2 N–H and O–H groups in total. The molecule has 2 aromatic rings. The number of nitrogens with one attached hydrogen (secondary N) is 1. The first kappa shape index (κ1) is 24.5. The van der Waals surface area contributed by atoms with Crippen molar-refractivity contribution in [3.63, 3.8) is 0 Å². The number of aliphatic hydroxyl groups is 1. The van der Waals surface area contributed by atoms with E-state index in [9.17, 15) is 14.7 Å². The summed E-state index contributed by atoms with van der Waals surface area (Å²) in [7, 11) is 0. The molecule has 2 heterocycles. The van der Waals surface area contributed by atoms with Gasteiger partial charge in [0.15, 0.2) is 0 Å². The summed E-state index contributed by atoms with van der Waals surface area (Å²) in [4.78, 5) is 28.8. The average Bonchev–Trinajstić information content (AvgIpc) is 3.17. The molecule has 4 atom stereocenters. The number of likely N-dealkylation sites (tertiary alicyclic amines) is 1. The molecule has 3 aliphatic rings. The van der Waals surface area contributed by atoms with Crippen LogP contribution in [0.25, 0.3) is 0 Å². The zero-order valence-electron chi connectivity index (χ0n) is 20.2. The van der Waals surface area contributed by atoms with Crippen LogP contribution in [0.15, 0.2) is 18.3 Å². The number of benzene rings is 1. The van der Waals surface area contributed by atoms with Crippen LogP contribution in [0.3, 0.4) is 0 Å². The summed E-state index contributed by atoms with van der Waals surface area (Å²) >= 11 is 12.6. The van der Waals surface area contributed by atoms with Gasteiger partial charge in [0.1, 0.15) is 12.1 Å². The Hall–Kier alpha value is -2.16. The maximum absolute atomic E-state index is 13.9. The van der Waals surface area contributed by atoms with Crippen molar-refractivity contribution < 1.29 is 14.7 Å². The third-order valence-corrected chi connectivity index (χ3v) is 7.83. The highest BCUT2D eigenvalue weighted by Crippen LogP contribution is 2.41. The van der Waals surface area contributed by atoms with Crippen LogP contribution in [-0.2, 0) is 16.0 Å². The lowest BCUT2D eigenvalue weighted by molar-refractivity contribution is -0.144. The van der Waals surface area contributed by atoms with E-state index in [0.29, 0.717) is 22.4 Å². The fourth-order valence-electron chi connectivity index (χ4n) is 5.39. The number of halogens is 2. The second-order valence-electron chi connectivity index (χ2n) is 11.1. The standard InChI is InChI=1S/C25H31Cl2N5O3/c1-25(2,3)22(32-12-20(29-30-32)13-4-5-13)24(35)31-11-15(33)10-21(31)23(34)28-19-7-6-16-17(19)8-14(26)9-18(16)27/h8-9,12-13,15,19,21-22,33H,4-7,10-11H2,1-3H3,(H,28,34). The maximum atomic E-state index is 13.9. The molecule has 1 aromatic heterocycles. The number of fused-ring (bicyclic) bond motifs is 1. The van der Waals surface area contributed by atoms with Crippen molar-refractivity contribution in [3.8, 4) is 0 Å². The van der Waals surface area contributed by atoms with Gasteiger partial charge in [0, 0.05) is 35.1 Å². The van der Waals surface area contributed by atoms with Gasteiger partial charge >= 0.3 is 0 Å². The lowest BCUT2D eigenvalue weighted by Crippen LogP contribution is -2.50. The molecule has 0 bridgehead atoms. The number of hydrogen-bond acceptors (Lipinski definition) is 5. The van der Waals surface area contributed by atoms with Gasteiger partial charge < -0.3 is 15.3 Å². The Morgan fingerprint density at radius 3 is 2.63 bits per heavy atom. The van der Waals surface area contributed by atoms with E-state index in [1.807, 2.05) is 33.0 Å². The average molecular weight is 520 g/mol. The van der Waals surface area contributed by atoms with Crippen LogP contribution in [0.2, 0.25) is 10.0 Å². The summed E-state index contributed by atoms with van der Waals surface area (Å²) in [5.41, 5.74) is 2.33. The Morgan fingerprint density at radius 1 is 1.20 bits per heavy atom. The van der Waals surface area contributed by atoms with Gasteiger partial charge in [-0.25, -0.2) is 4.68 Å². The van der Waals surface area contributed by atoms with E-state index in [2.05, 4.69) is 15.6 Å². The van der Waals surface area contributed by atoms with Crippen molar-refractivity contribution in [3.05, 3.63) is 45.2 Å². The predicted octanol–water partition coefficient (Wildman–Crippen LogP) is 3.82. The van der Waals surface area contributed by atoms with E-state index in [1.165, 1.54) is 4.90 Å². The molecule has 2 fully saturated rings. The van der Waals surface area contributed by atoms with E-state index in [-0.39, 0.29) is 30.8 Å². The van der Waals surface area contributed by atoms with Gasteiger partial charge in [-0.05, 0) is 54.4 Å². The smallest absolute Gasteiger partial charge is 0.248 e. The van der Waals surface area contributed by atoms with Crippen LogP contribution in [-0.4, -0.2) is 55.5 Å². The van der Waals surface area contributed by atoms with Crippen LogP contribution >= 0.6 is 23.2 Å². The molecule has 1 aliphatic heterocycles. The molecular weight excluding hydrogens is 489 g/mol. The molecule has 1 saturated carbocycles. The molecule has 0 radical (unpaired) electrons. The van der Waals surface area contributed by atoms with E-state index >= 15 is 0 Å². The largest absolute Gasteiger partial charge is 0.391 e. The quantitative estimate of drug-likeness (QED) is 0.625. The highest BCUT2D eigenvalue weighted by molar-refractivity contribution is 6.35. The third kappa shape index (κ3) is 4.80. The van der Waals surface area contributed by atoms with Crippen molar-refractivity contribution in [2.75, 3.05) is 6.54 Å². The van der Waals surface area contributed by atoms with Crippen LogP contribution in [0, 0.1) is 5.41 Å². The molecular formula is C25H31Cl2N5O3. The van der Waals surface area contributed by atoms with Crippen molar-refractivity contribution in [2.45, 2.75) is 83.0 Å². The van der Waals surface area contributed by atoms with Gasteiger partial charge in [-0.15, -0.1) is 5.10 Å². The molecule has 4 unspecified atom stereocenters. The molecule has 188 valence electrons. The first-order valence-electron chi connectivity index (χ1n) is 12.2. The van der Waals surface area contributed by atoms with E-state index in [1.54, 1.807) is 10.7 Å². The Labute approximate surface area is 215 Å². The molecule has 35 heavy (non-hydrogen) atoms. The van der Waals surface area contributed by atoms with Crippen LogP contribution in [0.5, 0.6) is 0 Å². The summed E-state index contributed by atoms with van der Waals surface area (Å²) in [5, 5.41) is 23.2. The number of hydrogen-bond donors (Lipinski definition) is 2. The molecule has 0 spiro atoms. The second-order valence-corrected chi connectivity index (χ2v) is 12.0. The van der Waals surface area contributed by atoms with Gasteiger partial charge in [0.2, 0.25) is 11.8 Å². The number of nitrogens with zero attached hydrogens (tertiary/aromatic N) is 4. The highest BCUT2D eigenvalue weighted by Gasteiger charge is 2.46. The Bertz CT molecular complexity index is 1160. The zero-order chi connectivity index (χ0) is 25.1. The number of rotatable bonds is 5. The van der Waals surface area contributed by atoms with Crippen molar-refractivity contribution in [2.24, 2.45) is 5.41 Å². The minimum absolute atomic E-state index is 0.104. The molecule has 1 saturated heterocycles. The fraction of sp³-hybridized carbons (Fsp3) is 0.600. The van der Waals surface area contributed by atoms with Crippen molar-refractivity contribution >= 4 is 35.0 Å². The van der Waals surface area contributed by atoms with Gasteiger partial charge in [-0.2, -0.15) is 0 Å². The molecule has 10 heteroatoms. The molecule has 8 nitrogen and oxygen atoms in total. The van der Waals surface area contributed by atoms with E-state index in [0.717, 1.165) is 36.1 Å². The number of carbonyl (C=O) groups excluding carboxylic acids is 2. The second kappa shape index (κ2) is 9.05. The maximum Gasteiger partial charge on any atom is 0.248 e. The zero-order valence-corrected chi connectivity index (χ0v) is 21.7. The van der Waals surface area contributed by atoms with Crippen LogP contribution in [0.1, 0.15) is 81.3 Å². The summed E-state index contributed by atoms with van der Waals surface area (Å²) in [6.45, 7) is 6.02. The lowest BCUT2D eigenvalue weighted by Gasteiger charge is -2.34. The summed E-state index contributed by atoms with van der Waals surface area (Å²) in [6.07, 6.45) is 4.91. The molecule has 5 rings (SSSR count). The van der Waals surface area contributed by atoms with Gasteiger partial charge in [0.05, 0.1) is 17.8 Å². The Kier molecular flexibility index (Phi) is 6.34. The SMILES string of the molecule is CC(C)(C)C(C(=O)N1CC(O)CC1C(=O)NC1CCc2c(Cl)cc(Cl)cc21)n1cc(C2CC2)nn1. The first-order chi connectivity index (χ1) is 16.5. The van der Waals surface area contributed by atoms with Gasteiger partial charge in [-0.1, -0.05) is 49.2 Å². The van der Waals surface area contributed by atoms with Crippen LogP contribution in [0.4, 0.5) is 0 Å². The lowest BCUT2D eigenvalue weighted by atomic mass is 9.85. The van der Waals surface area contributed by atoms with Gasteiger partial charge in [0.25, 0.3) is 0 Å². The normalized spacial score (nSPS) is 25.0. The Balaban J connectivity index is 1.37. The summed E-state index contributed by atoms with van der Waals surface area (Å²) < 4.78 is 1.63. The topological polar surface area (TPSA) is 100 Å². The van der Waals surface area contributed by atoms with Crippen LogP contribution < -0.4 is 5.32 Å². The molecule has 2 aliphatic carbocycles. The third-order valence-electron chi connectivity index (χ3n) is 7.28. The summed E-state index contributed by atoms with van der Waals surface area (Å²) in [5.74, 6) is -0.101. The monoisotopic (exact) mass is 519 g/mol. The van der Waals surface area contributed by atoms with E-state index < -0.39 is 23.6 Å². The minimum atomic E-state index is -0.771. The van der Waals surface area contributed by atoms with E-state index in [4.69, 9.17) is 23.2 Å². The summed E-state index contributed by atoms with van der Waals surface area (Å²) in [6, 6.07) is 1.90.